The number of nitrogens with one attached hydrogen (secondary N) is 2. The molecule has 0 aliphatic heterocycles. The van der Waals surface area contributed by atoms with Gasteiger partial charge in [-0.25, -0.2) is 9.97 Å². The normalized spacial score (nSPS) is 10.8. The van der Waals surface area contributed by atoms with E-state index in [2.05, 4.69) is 44.6 Å². The summed E-state index contributed by atoms with van der Waals surface area (Å²) in [6.07, 6.45) is 1.55. The third-order valence-corrected chi connectivity index (χ3v) is 2.78. The van der Waals surface area contributed by atoms with E-state index < -0.39 is 0 Å². The lowest BCUT2D eigenvalue weighted by atomic mass is 10.0. The van der Waals surface area contributed by atoms with E-state index >= 15 is 0 Å². The molecule has 7 heteroatoms. The SMILES string of the molecule is CCNc1ncnc(NCc2nc(C)no2)c1C(C)C. The number of hydrogen-bond acceptors (Lipinski definition) is 7. The van der Waals surface area contributed by atoms with Crippen molar-refractivity contribution < 1.29 is 4.52 Å². The van der Waals surface area contributed by atoms with Gasteiger partial charge in [-0.05, 0) is 19.8 Å². The molecular formula is C13H20N6O. The van der Waals surface area contributed by atoms with E-state index in [1.807, 2.05) is 6.92 Å². The van der Waals surface area contributed by atoms with Crippen molar-refractivity contribution in [2.45, 2.75) is 40.2 Å². The Morgan fingerprint density at radius 2 is 1.90 bits per heavy atom. The molecule has 0 unspecified atom stereocenters. The average Bonchev–Trinajstić information content (AvgIpc) is 2.82. The smallest absolute Gasteiger partial charge is 0.245 e. The predicted molar refractivity (Wildman–Crippen MR) is 76.6 cm³/mol. The molecule has 0 bridgehead atoms. The van der Waals surface area contributed by atoms with Crippen LogP contribution in [-0.2, 0) is 6.54 Å². The molecule has 2 aromatic rings. The van der Waals surface area contributed by atoms with E-state index in [9.17, 15) is 0 Å². The largest absolute Gasteiger partial charge is 0.370 e. The van der Waals surface area contributed by atoms with E-state index in [4.69, 9.17) is 4.52 Å². The monoisotopic (exact) mass is 276 g/mol. The molecule has 0 radical (unpaired) electrons. The van der Waals surface area contributed by atoms with Gasteiger partial charge in [0.25, 0.3) is 0 Å². The molecule has 2 N–H and O–H groups in total. The Morgan fingerprint density at radius 1 is 1.20 bits per heavy atom. The molecule has 2 heterocycles. The number of hydrogen-bond donors (Lipinski definition) is 2. The van der Waals surface area contributed by atoms with Crippen LogP contribution in [0.15, 0.2) is 10.9 Å². The molecule has 0 saturated heterocycles. The minimum Gasteiger partial charge on any atom is -0.370 e. The molecule has 0 aromatic carbocycles. The molecule has 20 heavy (non-hydrogen) atoms. The molecule has 2 rings (SSSR count). The molecule has 0 aliphatic rings. The summed E-state index contributed by atoms with van der Waals surface area (Å²) in [6.45, 7) is 9.33. The lowest BCUT2D eigenvalue weighted by molar-refractivity contribution is 0.379. The first-order valence-electron chi connectivity index (χ1n) is 6.73. The minimum absolute atomic E-state index is 0.303. The first kappa shape index (κ1) is 14.2. The molecule has 0 amide bonds. The van der Waals surface area contributed by atoms with Gasteiger partial charge in [0.05, 0.1) is 6.54 Å². The van der Waals surface area contributed by atoms with Crippen LogP contribution in [0.5, 0.6) is 0 Å². The highest BCUT2D eigenvalue weighted by molar-refractivity contribution is 5.58. The Hall–Kier alpha value is -2.18. The standard InChI is InChI=1S/C13H20N6O/c1-5-14-12-11(8(2)3)13(17-7-16-12)15-6-10-18-9(4)19-20-10/h7-8H,5-6H2,1-4H3,(H2,14,15,16,17). The van der Waals surface area contributed by atoms with E-state index in [0.29, 0.717) is 24.2 Å². The van der Waals surface area contributed by atoms with Crippen LogP contribution in [0.4, 0.5) is 11.6 Å². The fourth-order valence-electron chi connectivity index (χ4n) is 1.96. The van der Waals surface area contributed by atoms with Crippen molar-refractivity contribution in [3.8, 4) is 0 Å². The Kier molecular flexibility index (Phi) is 4.49. The van der Waals surface area contributed by atoms with Crippen molar-refractivity contribution in [1.29, 1.82) is 0 Å². The minimum atomic E-state index is 0.303. The second-order valence-corrected chi connectivity index (χ2v) is 4.76. The van der Waals surface area contributed by atoms with Gasteiger partial charge in [-0.3, -0.25) is 0 Å². The van der Waals surface area contributed by atoms with Crippen LogP contribution in [0, 0.1) is 6.92 Å². The van der Waals surface area contributed by atoms with E-state index in [-0.39, 0.29) is 0 Å². The number of anilines is 2. The van der Waals surface area contributed by atoms with Crippen LogP contribution < -0.4 is 10.6 Å². The maximum atomic E-state index is 5.08. The first-order valence-corrected chi connectivity index (χ1v) is 6.73. The third-order valence-electron chi connectivity index (χ3n) is 2.78. The molecule has 108 valence electrons. The summed E-state index contributed by atoms with van der Waals surface area (Å²) in [5, 5.41) is 10.3. The van der Waals surface area contributed by atoms with Crippen LogP contribution >= 0.6 is 0 Å². The van der Waals surface area contributed by atoms with Gasteiger partial charge in [0.15, 0.2) is 5.82 Å². The van der Waals surface area contributed by atoms with Gasteiger partial charge in [-0.15, -0.1) is 0 Å². The maximum Gasteiger partial charge on any atom is 0.245 e. The highest BCUT2D eigenvalue weighted by Gasteiger charge is 2.15. The lowest BCUT2D eigenvalue weighted by Crippen LogP contribution is -2.11. The summed E-state index contributed by atoms with van der Waals surface area (Å²) in [7, 11) is 0. The Labute approximate surface area is 118 Å². The number of rotatable bonds is 6. The third kappa shape index (κ3) is 3.23. The van der Waals surface area contributed by atoms with Gasteiger partial charge in [0.2, 0.25) is 5.89 Å². The van der Waals surface area contributed by atoms with E-state index in [0.717, 1.165) is 23.7 Å². The summed E-state index contributed by atoms with van der Waals surface area (Å²) in [5.41, 5.74) is 1.06. The molecule has 0 spiro atoms. The van der Waals surface area contributed by atoms with Gasteiger partial charge >= 0.3 is 0 Å². The lowest BCUT2D eigenvalue weighted by Gasteiger charge is -2.16. The molecule has 0 fully saturated rings. The maximum absolute atomic E-state index is 5.08. The molecular weight excluding hydrogens is 256 g/mol. The average molecular weight is 276 g/mol. The quantitative estimate of drug-likeness (QED) is 0.837. The molecule has 7 nitrogen and oxygen atoms in total. The van der Waals surface area contributed by atoms with Gasteiger partial charge in [0.1, 0.15) is 18.0 Å². The zero-order valence-electron chi connectivity index (χ0n) is 12.3. The Morgan fingerprint density at radius 3 is 2.45 bits per heavy atom. The number of aromatic nitrogens is 4. The second-order valence-electron chi connectivity index (χ2n) is 4.76. The van der Waals surface area contributed by atoms with Crippen LogP contribution in [0.1, 0.15) is 44.0 Å². The Bertz CT molecular complexity index is 566. The van der Waals surface area contributed by atoms with Crippen molar-refractivity contribution in [2.24, 2.45) is 0 Å². The zero-order valence-corrected chi connectivity index (χ0v) is 12.3. The van der Waals surface area contributed by atoms with Crippen molar-refractivity contribution >= 4 is 11.6 Å². The van der Waals surface area contributed by atoms with Crippen molar-refractivity contribution in [3.63, 3.8) is 0 Å². The van der Waals surface area contributed by atoms with Gasteiger partial charge in [-0.1, -0.05) is 19.0 Å². The molecule has 0 aliphatic carbocycles. The van der Waals surface area contributed by atoms with Crippen molar-refractivity contribution in [1.82, 2.24) is 20.1 Å². The summed E-state index contributed by atoms with van der Waals surface area (Å²) < 4.78 is 5.08. The van der Waals surface area contributed by atoms with E-state index in [1.54, 1.807) is 13.3 Å². The van der Waals surface area contributed by atoms with Crippen molar-refractivity contribution in [3.05, 3.63) is 23.6 Å². The van der Waals surface area contributed by atoms with Gasteiger partial charge in [-0.2, -0.15) is 4.98 Å². The second kappa shape index (κ2) is 6.31. The summed E-state index contributed by atoms with van der Waals surface area (Å²) in [5.74, 6) is 3.13. The molecule has 0 saturated carbocycles. The van der Waals surface area contributed by atoms with Crippen LogP contribution in [0.3, 0.4) is 0 Å². The van der Waals surface area contributed by atoms with Crippen LogP contribution in [0.2, 0.25) is 0 Å². The van der Waals surface area contributed by atoms with Gasteiger partial charge < -0.3 is 15.2 Å². The molecule has 0 atom stereocenters. The topological polar surface area (TPSA) is 88.8 Å². The van der Waals surface area contributed by atoms with E-state index in [1.165, 1.54) is 0 Å². The molecule has 2 aromatic heterocycles. The highest BCUT2D eigenvalue weighted by Crippen LogP contribution is 2.28. The summed E-state index contributed by atoms with van der Waals surface area (Å²) >= 11 is 0. The van der Waals surface area contributed by atoms with Crippen LogP contribution in [0.25, 0.3) is 0 Å². The van der Waals surface area contributed by atoms with Crippen LogP contribution in [-0.4, -0.2) is 26.7 Å². The van der Waals surface area contributed by atoms with Gasteiger partial charge in [0, 0.05) is 12.1 Å². The highest BCUT2D eigenvalue weighted by atomic mass is 16.5. The predicted octanol–water partition coefficient (Wildman–Crippen LogP) is 2.34. The number of nitrogens with zero attached hydrogens (tertiary/aromatic N) is 4. The zero-order chi connectivity index (χ0) is 14.5. The first-order chi connectivity index (χ1) is 9.61. The van der Waals surface area contributed by atoms with Crippen molar-refractivity contribution in [2.75, 3.05) is 17.2 Å². The summed E-state index contributed by atoms with van der Waals surface area (Å²) in [4.78, 5) is 12.8. The fraction of sp³-hybridized carbons (Fsp3) is 0.538. The summed E-state index contributed by atoms with van der Waals surface area (Å²) in [6, 6.07) is 0. The fourth-order valence-corrected chi connectivity index (χ4v) is 1.96. The number of aryl methyl sites for hydroxylation is 1. The Balaban J connectivity index is 2.19.